The van der Waals surface area contributed by atoms with Gasteiger partial charge in [0, 0.05) is 33.5 Å². The Morgan fingerprint density at radius 3 is 2.48 bits per heavy atom. The molecule has 1 N–H and O–H groups in total. The van der Waals surface area contributed by atoms with E-state index in [9.17, 15) is 9.18 Å². The summed E-state index contributed by atoms with van der Waals surface area (Å²) < 4.78 is 13.0. The van der Waals surface area contributed by atoms with E-state index < -0.39 is 0 Å². The van der Waals surface area contributed by atoms with Gasteiger partial charge in [0.25, 0.3) is 0 Å². The molecule has 0 fully saturated rings. The van der Waals surface area contributed by atoms with Crippen molar-refractivity contribution in [3.63, 3.8) is 0 Å². The highest BCUT2D eigenvalue weighted by molar-refractivity contribution is 6.31. The van der Waals surface area contributed by atoms with Crippen LogP contribution in [0.1, 0.15) is 15.9 Å². The van der Waals surface area contributed by atoms with Crippen molar-refractivity contribution >= 4 is 45.7 Å². The molecule has 1 heterocycles. The number of ketones is 1. The van der Waals surface area contributed by atoms with E-state index >= 15 is 0 Å². The molecule has 0 saturated heterocycles. The molecule has 0 atom stereocenters. The second-order valence-electron chi connectivity index (χ2n) is 6.47. The summed E-state index contributed by atoms with van der Waals surface area (Å²) in [4.78, 5) is 16.5. The van der Waals surface area contributed by atoms with E-state index in [1.807, 2.05) is 48.5 Å². The molecule has 3 nitrogen and oxygen atoms in total. The molecule has 5 heteroatoms. The SMILES string of the molecule is O=C(C=Cc1ccc(Nc2ccnc3cc(Cl)ccc23)cc1)c1ccc(F)cc1. The van der Waals surface area contributed by atoms with Crippen LogP contribution < -0.4 is 5.32 Å². The largest absolute Gasteiger partial charge is 0.355 e. The highest BCUT2D eigenvalue weighted by Gasteiger charge is 2.04. The van der Waals surface area contributed by atoms with Gasteiger partial charge in [-0.05, 0) is 72.3 Å². The fraction of sp³-hybridized carbons (Fsp3) is 0. The fourth-order valence-electron chi connectivity index (χ4n) is 2.95. The summed E-state index contributed by atoms with van der Waals surface area (Å²) in [6.45, 7) is 0. The Hall–Kier alpha value is -3.50. The molecule has 0 spiro atoms. The minimum atomic E-state index is -0.362. The maximum atomic E-state index is 13.0. The summed E-state index contributed by atoms with van der Waals surface area (Å²) in [6, 6.07) is 20.7. The van der Waals surface area contributed by atoms with Crippen LogP contribution in [0.5, 0.6) is 0 Å². The Balaban J connectivity index is 1.48. The number of nitrogens with one attached hydrogen (secondary N) is 1. The molecule has 4 rings (SSSR count). The molecule has 0 aliphatic carbocycles. The van der Waals surface area contributed by atoms with Crippen molar-refractivity contribution in [3.8, 4) is 0 Å². The topological polar surface area (TPSA) is 42.0 Å². The number of allylic oxidation sites excluding steroid dienone is 1. The quantitative estimate of drug-likeness (QED) is 0.299. The van der Waals surface area contributed by atoms with Crippen molar-refractivity contribution in [1.29, 1.82) is 0 Å². The zero-order valence-corrected chi connectivity index (χ0v) is 16.0. The van der Waals surface area contributed by atoms with Gasteiger partial charge in [0.2, 0.25) is 0 Å². The lowest BCUT2D eigenvalue weighted by molar-refractivity contribution is 0.104. The summed E-state index contributed by atoms with van der Waals surface area (Å²) in [7, 11) is 0. The fourth-order valence-corrected chi connectivity index (χ4v) is 3.11. The molecule has 4 aromatic rings. The second kappa shape index (κ2) is 8.25. The molecule has 0 bridgehead atoms. The third-order valence-electron chi connectivity index (χ3n) is 4.45. The van der Waals surface area contributed by atoms with Crippen LogP contribution in [-0.4, -0.2) is 10.8 Å². The monoisotopic (exact) mass is 402 g/mol. The number of fused-ring (bicyclic) bond motifs is 1. The first-order valence-electron chi connectivity index (χ1n) is 8.98. The number of benzene rings is 3. The van der Waals surface area contributed by atoms with E-state index in [1.165, 1.54) is 30.3 Å². The summed E-state index contributed by atoms with van der Waals surface area (Å²) >= 11 is 6.04. The summed E-state index contributed by atoms with van der Waals surface area (Å²) in [6.07, 6.45) is 4.95. The van der Waals surface area contributed by atoms with Crippen LogP contribution in [0.25, 0.3) is 17.0 Å². The number of anilines is 2. The van der Waals surface area contributed by atoms with Gasteiger partial charge >= 0.3 is 0 Å². The van der Waals surface area contributed by atoms with Gasteiger partial charge in [0.05, 0.1) is 5.52 Å². The number of rotatable bonds is 5. The van der Waals surface area contributed by atoms with Gasteiger partial charge in [-0.25, -0.2) is 4.39 Å². The lowest BCUT2D eigenvalue weighted by Gasteiger charge is -2.10. The highest BCUT2D eigenvalue weighted by Crippen LogP contribution is 2.27. The molecule has 29 heavy (non-hydrogen) atoms. The van der Waals surface area contributed by atoms with Crippen molar-refractivity contribution in [2.75, 3.05) is 5.32 Å². The molecule has 1 aromatic heterocycles. The molecular formula is C24H16ClFN2O. The van der Waals surface area contributed by atoms with Crippen LogP contribution >= 0.6 is 11.6 Å². The zero-order valence-electron chi connectivity index (χ0n) is 15.3. The number of pyridine rings is 1. The predicted molar refractivity (Wildman–Crippen MR) is 116 cm³/mol. The first kappa shape index (κ1) is 18.8. The number of halogens is 2. The molecule has 0 unspecified atom stereocenters. The van der Waals surface area contributed by atoms with E-state index in [4.69, 9.17) is 11.6 Å². The molecule has 0 aliphatic heterocycles. The molecule has 142 valence electrons. The standard InChI is InChI=1S/C24H16ClFN2O/c25-18-6-11-21-22(13-14-27-23(21)15-18)28-20-9-1-16(2-10-20)3-12-24(29)17-4-7-19(26)8-5-17/h1-15H,(H,27,28). The summed E-state index contributed by atoms with van der Waals surface area (Å²) in [5.74, 6) is -0.534. The Kier molecular flexibility index (Phi) is 5.36. The molecule has 3 aromatic carbocycles. The third-order valence-corrected chi connectivity index (χ3v) is 4.69. The predicted octanol–water partition coefficient (Wildman–Crippen LogP) is 6.67. The lowest BCUT2D eigenvalue weighted by atomic mass is 10.1. The van der Waals surface area contributed by atoms with Crippen molar-refractivity contribution in [2.45, 2.75) is 0 Å². The molecule has 0 amide bonds. The van der Waals surface area contributed by atoms with Gasteiger partial charge < -0.3 is 5.32 Å². The number of aromatic nitrogens is 1. The first-order chi connectivity index (χ1) is 14.1. The second-order valence-corrected chi connectivity index (χ2v) is 6.91. The van der Waals surface area contributed by atoms with Gasteiger partial charge in [0.1, 0.15) is 5.82 Å². The number of hydrogen-bond acceptors (Lipinski definition) is 3. The van der Waals surface area contributed by atoms with E-state index in [-0.39, 0.29) is 11.6 Å². The summed E-state index contributed by atoms with van der Waals surface area (Å²) in [5.41, 5.74) is 4.00. The van der Waals surface area contributed by atoms with Gasteiger partial charge in [-0.15, -0.1) is 0 Å². The Labute approximate surface area is 172 Å². The lowest BCUT2D eigenvalue weighted by Crippen LogP contribution is -1.94. The van der Waals surface area contributed by atoms with Gasteiger partial charge in [0.15, 0.2) is 5.78 Å². The average Bonchev–Trinajstić information content (AvgIpc) is 2.73. The van der Waals surface area contributed by atoms with Crippen molar-refractivity contribution in [3.05, 3.63) is 107 Å². The summed E-state index contributed by atoms with van der Waals surface area (Å²) in [5, 5.41) is 5.00. The van der Waals surface area contributed by atoms with E-state index in [0.717, 1.165) is 27.8 Å². The highest BCUT2D eigenvalue weighted by atomic mass is 35.5. The third kappa shape index (κ3) is 4.50. The molecular weight excluding hydrogens is 387 g/mol. The van der Waals surface area contributed by atoms with Gasteiger partial charge in [-0.2, -0.15) is 0 Å². The molecule has 0 aliphatic rings. The average molecular weight is 403 g/mol. The van der Waals surface area contributed by atoms with E-state index in [1.54, 1.807) is 12.3 Å². The number of hydrogen-bond donors (Lipinski definition) is 1. The first-order valence-corrected chi connectivity index (χ1v) is 9.36. The van der Waals surface area contributed by atoms with Gasteiger partial charge in [-0.3, -0.25) is 9.78 Å². The van der Waals surface area contributed by atoms with Crippen LogP contribution in [0.3, 0.4) is 0 Å². The van der Waals surface area contributed by atoms with Crippen LogP contribution in [0.4, 0.5) is 15.8 Å². The number of nitrogens with zero attached hydrogens (tertiary/aromatic N) is 1. The Morgan fingerprint density at radius 2 is 1.72 bits per heavy atom. The van der Waals surface area contributed by atoms with Gasteiger partial charge in [-0.1, -0.05) is 29.8 Å². The number of carbonyl (C=O) groups is 1. The maximum Gasteiger partial charge on any atom is 0.185 e. The van der Waals surface area contributed by atoms with Crippen LogP contribution in [-0.2, 0) is 0 Å². The Bertz CT molecular complexity index is 1200. The van der Waals surface area contributed by atoms with E-state index in [2.05, 4.69) is 10.3 Å². The molecule has 0 radical (unpaired) electrons. The minimum Gasteiger partial charge on any atom is -0.355 e. The van der Waals surface area contributed by atoms with Crippen molar-refractivity contribution in [1.82, 2.24) is 4.98 Å². The molecule has 0 saturated carbocycles. The maximum absolute atomic E-state index is 13.0. The van der Waals surface area contributed by atoms with Crippen LogP contribution in [0.15, 0.2) is 85.1 Å². The van der Waals surface area contributed by atoms with Crippen molar-refractivity contribution < 1.29 is 9.18 Å². The van der Waals surface area contributed by atoms with Crippen molar-refractivity contribution in [2.24, 2.45) is 0 Å². The van der Waals surface area contributed by atoms with E-state index in [0.29, 0.717) is 10.6 Å². The zero-order chi connectivity index (χ0) is 20.2. The minimum absolute atomic E-state index is 0.172. The normalized spacial score (nSPS) is 11.1. The van der Waals surface area contributed by atoms with Crippen LogP contribution in [0.2, 0.25) is 5.02 Å². The Morgan fingerprint density at radius 1 is 0.966 bits per heavy atom. The number of carbonyl (C=O) groups excluding carboxylic acids is 1. The van der Waals surface area contributed by atoms with Crippen LogP contribution in [0, 0.1) is 5.82 Å². The smallest absolute Gasteiger partial charge is 0.185 e.